The van der Waals surface area contributed by atoms with Crippen LogP contribution in [0.5, 0.6) is 17.2 Å². The maximum absolute atomic E-state index is 12.7. The Hall–Kier alpha value is -4.51. The van der Waals surface area contributed by atoms with E-state index in [4.69, 9.17) is 16.3 Å². The Morgan fingerprint density at radius 2 is 1.69 bits per heavy atom. The van der Waals surface area contributed by atoms with Crippen molar-refractivity contribution < 1.29 is 28.0 Å². The Labute approximate surface area is 201 Å². The van der Waals surface area contributed by atoms with Crippen LogP contribution in [0.1, 0.15) is 10.5 Å². The number of benzene rings is 3. The number of non-ortho nitro benzene ring substituents is 1. The predicted molar refractivity (Wildman–Crippen MR) is 123 cm³/mol. The van der Waals surface area contributed by atoms with Crippen molar-refractivity contribution in [3.05, 3.63) is 93.6 Å². The number of hydrogen-bond acceptors (Lipinski definition) is 6. The topological polar surface area (TPSA) is 119 Å². The van der Waals surface area contributed by atoms with Crippen LogP contribution in [0.25, 0.3) is 11.3 Å². The Morgan fingerprint density at radius 3 is 2.34 bits per heavy atom. The number of anilines is 1. The molecule has 4 aromatic rings. The number of amides is 1. The van der Waals surface area contributed by atoms with Gasteiger partial charge in [-0.1, -0.05) is 11.6 Å². The summed E-state index contributed by atoms with van der Waals surface area (Å²) < 4.78 is 34.6. The summed E-state index contributed by atoms with van der Waals surface area (Å²) in [7, 11) is 0. The van der Waals surface area contributed by atoms with Gasteiger partial charge in [-0.05, 0) is 54.6 Å². The van der Waals surface area contributed by atoms with E-state index in [9.17, 15) is 23.7 Å². The highest BCUT2D eigenvalue weighted by Gasteiger charge is 2.16. The molecule has 2 N–H and O–H groups in total. The Kier molecular flexibility index (Phi) is 6.88. The molecule has 0 aliphatic rings. The first-order valence-electron chi connectivity index (χ1n) is 9.92. The van der Waals surface area contributed by atoms with Crippen molar-refractivity contribution >= 4 is 28.9 Å². The summed E-state index contributed by atoms with van der Waals surface area (Å²) in [5.74, 6) is -0.0949. The van der Waals surface area contributed by atoms with Crippen LogP contribution in [0.4, 0.5) is 20.2 Å². The number of nitro benzene ring substituents is 1. The van der Waals surface area contributed by atoms with Gasteiger partial charge >= 0.3 is 6.61 Å². The molecule has 0 spiro atoms. The number of aromatic amines is 1. The quantitative estimate of drug-likeness (QED) is 0.217. The van der Waals surface area contributed by atoms with Crippen molar-refractivity contribution in [2.45, 2.75) is 6.61 Å². The Bertz CT molecular complexity index is 1360. The van der Waals surface area contributed by atoms with Gasteiger partial charge in [0.25, 0.3) is 11.6 Å². The highest BCUT2D eigenvalue weighted by molar-refractivity contribution is 6.30. The molecule has 35 heavy (non-hydrogen) atoms. The van der Waals surface area contributed by atoms with Gasteiger partial charge in [-0.25, -0.2) is 0 Å². The van der Waals surface area contributed by atoms with Gasteiger partial charge in [-0.3, -0.25) is 20.0 Å². The van der Waals surface area contributed by atoms with Crippen LogP contribution in [0.15, 0.2) is 72.8 Å². The van der Waals surface area contributed by atoms with Gasteiger partial charge in [0, 0.05) is 22.7 Å². The third kappa shape index (κ3) is 6.09. The highest BCUT2D eigenvalue weighted by atomic mass is 35.5. The van der Waals surface area contributed by atoms with Gasteiger partial charge in [0.05, 0.1) is 22.4 Å². The second-order valence-electron chi connectivity index (χ2n) is 7.05. The number of nitrogens with zero attached hydrogens (tertiary/aromatic N) is 2. The van der Waals surface area contributed by atoms with Gasteiger partial charge in [0.2, 0.25) is 0 Å². The number of halogens is 3. The molecule has 0 aliphatic heterocycles. The number of alkyl halides is 2. The molecule has 9 nitrogen and oxygen atoms in total. The largest absolute Gasteiger partial charge is 0.457 e. The molecule has 0 radical (unpaired) electrons. The minimum absolute atomic E-state index is 0.0143. The maximum atomic E-state index is 12.7. The Balaban J connectivity index is 1.51. The highest BCUT2D eigenvalue weighted by Crippen LogP contribution is 2.31. The first kappa shape index (κ1) is 23.6. The predicted octanol–water partition coefficient (Wildman–Crippen LogP) is 6.28. The van der Waals surface area contributed by atoms with E-state index in [1.165, 1.54) is 48.5 Å². The summed E-state index contributed by atoms with van der Waals surface area (Å²) in [6.07, 6.45) is 0. The summed E-state index contributed by atoms with van der Waals surface area (Å²) in [6, 6.07) is 17.4. The van der Waals surface area contributed by atoms with Gasteiger partial charge in [0.1, 0.15) is 22.9 Å². The van der Waals surface area contributed by atoms with Crippen LogP contribution < -0.4 is 14.8 Å². The number of carbonyl (C=O) groups is 1. The number of rotatable bonds is 8. The van der Waals surface area contributed by atoms with E-state index in [1.807, 2.05) is 0 Å². The van der Waals surface area contributed by atoms with E-state index < -0.39 is 17.4 Å². The lowest BCUT2D eigenvalue weighted by Gasteiger charge is -2.09. The van der Waals surface area contributed by atoms with Crippen molar-refractivity contribution in [1.82, 2.24) is 10.2 Å². The fourth-order valence-corrected chi connectivity index (χ4v) is 3.18. The summed E-state index contributed by atoms with van der Waals surface area (Å²) >= 11 is 5.85. The van der Waals surface area contributed by atoms with Crippen LogP contribution in [0, 0.1) is 10.1 Å². The Morgan fingerprint density at radius 1 is 1.00 bits per heavy atom. The molecule has 1 amide bonds. The number of carbonyl (C=O) groups excluding carboxylic acids is 1. The maximum Gasteiger partial charge on any atom is 0.387 e. The molecular weight excluding hydrogens is 486 g/mol. The lowest BCUT2D eigenvalue weighted by atomic mass is 10.1. The fourth-order valence-electron chi connectivity index (χ4n) is 3.05. The lowest BCUT2D eigenvalue weighted by Crippen LogP contribution is -2.12. The molecule has 0 aliphatic carbocycles. The summed E-state index contributed by atoms with van der Waals surface area (Å²) in [5.41, 5.74) is 0.834. The molecule has 0 bridgehead atoms. The molecule has 178 valence electrons. The minimum Gasteiger partial charge on any atom is -0.457 e. The molecule has 12 heteroatoms. The summed E-state index contributed by atoms with van der Waals surface area (Å²) in [4.78, 5) is 23.5. The first-order valence-corrected chi connectivity index (χ1v) is 10.3. The standard InChI is InChI=1S/C23H15ClF2N4O5/c24-14-3-7-17(8-4-14)34-19-10-15(9-16(11-19)30(32)33)27-22(31)21-12-20(28-29-21)13-1-5-18(6-2-13)35-23(25)26/h1-12,23H,(H,27,31)(H,28,29). The number of aromatic nitrogens is 2. The van der Waals surface area contributed by atoms with Gasteiger partial charge in [-0.15, -0.1) is 0 Å². The molecule has 0 saturated heterocycles. The zero-order chi connectivity index (χ0) is 24.9. The zero-order valence-corrected chi connectivity index (χ0v) is 18.3. The number of nitro groups is 1. The monoisotopic (exact) mass is 500 g/mol. The van der Waals surface area contributed by atoms with Crippen molar-refractivity contribution in [3.63, 3.8) is 0 Å². The molecule has 3 aromatic carbocycles. The van der Waals surface area contributed by atoms with Crippen LogP contribution in [-0.4, -0.2) is 27.6 Å². The van der Waals surface area contributed by atoms with Crippen molar-refractivity contribution in [2.75, 3.05) is 5.32 Å². The van der Waals surface area contributed by atoms with Crippen molar-refractivity contribution in [3.8, 4) is 28.5 Å². The van der Waals surface area contributed by atoms with E-state index in [0.29, 0.717) is 22.0 Å². The van der Waals surface area contributed by atoms with Crippen LogP contribution in [0.3, 0.4) is 0 Å². The van der Waals surface area contributed by atoms with Crippen LogP contribution in [0.2, 0.25) is 5.02 Å². The van der Waals surface area contributed by atoms with Crippen molar-refractivity contribution in [2.24, 2.45) is 0 Å². The molecule has 1 aromatic heterocycles. The molecule has 0 unspecified atom stereocenters. The molecular formula is C23H15ClF2N4O5. The lowest BCUT2D eigenvalue weighted by molar-refractivity contribution is -0.384. The average molecular weight is 501 g/mol. The van der Waals surface area contributed by atoms with Crippen molar-refractivity contribution in [1.29, 1.82) is 0 Å². The van der Waals surface area contributed by atoms with E-state index in [0.717, 1.165) is 0 Å². The zero-order valence-electron chi connectivity index (χ0n) is 17.6. The van der Waals surface area contributed by atoms with E-state index in [-0.39, 0.29) is 28.6 Å². The molecule has 4 rings (SSSR count). The molecule has 0 saturated carbocycles. The van der Waals surface area contributed by atoms with E-state index >= 15 is 0 Å². The summed E-state index contributed by atoms with van der Waals surface area (Å²) in [6.45, 7) is -2.94. The number of nitrogens with one attached hydrogen (secondary N) is 2. The van der Waals surface area contributed by atoms with Crippen LogP contribution >= 0.6 is 11.6 Å². The molecule has 0 atom stereocenters. The second kappa shape index (κ2) is 10.2. The van der Waals surface area contributed by atoms with E-state index in [1.54, 1.807) is 24.3 Å². The molecule has 0 fully saturated rings. The summed E-state index contributed by atoms with van der Waals surface area (Å²) in [5, 5.41) is 21.0. The normalized spacial score (nSPS) is 10.7. The van der Waals surface area contributed by atoms with Gasteiger partial charge in [0.15, 0.2) is 0 Å². The number of ether oxygens (including phenoxy) is 2. The first-order chi connectivity index (χ1) is 16.8. The third-order valence-electron chi connectivity index (χ3n) is 4.61. The van der Waals surface area contributed by atoms with Crippen LogP contribution in [-0.2, 0) is 0 Å². The minimum atomic E-state index is -2.94. The number of hydrogen-bond donors (Lipinski definition) is 2. The van der Waals surface area contributed by atoms with E-state index in [2.05, 4.69) is 20.3 Å². The smallest absolute Gasteiger partial charge is 0.387 e. The fraction of sp³-hybridized carbons (Fsp3) is 0.0435. The van der Waals surface area contributed by atoms with Gasteiger partial charge < -0.3 is 14.8 Å². The second-order valence-corrected chi connectivity index (χ2v) is 7.49. The molecule has 1 heterocycles. The third-order valence-corrected chi connectivity index (χ3v) is 4.86. The van der Waals surface area contributed by atoms with Gasteiger partial charge in [-0.2, -0.15) is 13.9 Å². The average Bonchev–Trinajstić information content (AvgIpc) is 3.31. The SMILES string of the molecule is O=C(Nc1cc(Oc2ccc(Cl)cc2)cc([N+](=O)[O-])c1)c1cc(-c2ccc(OC(F)F)cc2)n[nH]1. The number of H-pyrrole nitrogens is 1.